The number of Topliss-reactive ketones (excluding diaryl/α,β-unsaturated/α-hetero) is 2. The van der Waals surface area contributed by atoms with Crippen LogP contribution in [0.15, 0.2) is 24.3 Å². The van der Waals surface area contributed by atoms with Gasteiger partial charge in [0, 0.05) is 36.4 Å². The molecule has 0 radical (unpaired) electrons. The third kappa shape index (κ3) is 6.15. The van der Waals surface area contributed by atoms with Crippen LogP contribution in [0.25, 0.3) is 0 Å². The van der Waals surface area contributed by atoms with E-state index in [4.69, 9.17) is 11.6 Å². The summed E-state index contributed by atoms with van der Waals surface area (Å²) in [5.41, 5.74) is 0.543. The molecule has 1 rings (SSSR count). The van der Waals surface area contributed by atoms with Crippen molar-refractivity contribution in [2.45, 2.75) is 26.2 Å². The number of benzene rings is 1. The van der Waals surface area contributed by atoms with E-state index in [-0.39, 0.29) is 30.3 Å². The van der Waals surface area contributed by atoms with E-state index in [1.54, 1.807) is 24.3 Å². The Bertz CT molecular complexity index is 468. The van der Waals surface area contributed by atoms with Crippen LogP contribution in [0.4, 0.5) is 0 Å². The zero-order valence-electron chi connectivity index (χ0n) is 10.7. The first kappa shape index (κ1) is 15.4. The Hall–Kier alpha value is -1.68. The third-order valence-corrected chi connectivity index (χ3v) is 2.80. The maximum Gasteiger partial charge on any atom is 0.220 e. The molecule has 0 saturated heterocycles. The molecule has 1 N–H and O–H groups in total. The molecule has 0 aromatic heterocycles. The van der Waals surface area contributed by atoms with Crippen LogP contribution in [0.5, 0.6) is 0 Å². The SMILES string of the molecule is CC(=O)CCNC(=O)CCC(=O)c1ccc(Cl)cc1. The van der Waals surface area contributed by atoms with Gasteiger partial charge >= 0.3 is 0 Å². The molecule has 1 amide bonds. The highest BCUT2D eigenvalue weighted by molar-refractivity contribution is 6.30. The summed E-state index contributed by atoms with van der Waals surface area (Å²) in [6, 6.07) is 6.56. The molecule has 0 heterocycles. The van der Waals surface area contributed by atoms with Crippen molar-refractivity contribution in [1.29, 1.82) is 0 Å². The van der Waals surface area contributed by atoms with Gasteiger partial charge in [0.2, 0.25) is 5.91 Å². The summed E-state index contributed by atoms with van der Waals surface area (Å²) in [5.74, 6) is -0.292. The summed E-state index contributed by atoms with van der Waals surface area (Å²) in [6.45, 7) is 1.79. The van der Waals surface area contributed by atoms with Crippen molar-refractivity contribution in [3.8, 4) is 0 Å². The number of ketones is 2. The monoisotopic (exact) mass is 281 g/mol. The van der Waals surface area contributed by atoms with Gasteiger partial charge in [-0.05, 0) is 31.2 Å². The van der Waals surface area contributed by atoms with Crippen molar-refractivity contribution in [1.82, 2.24) is 5.32 Å². The summed E-state index contributed by atoms with van der Waals surface area (Å²) in [5, 5.41) is 3.16. The van der Waals surface area contributed by atoms with E-state index in [0.29, 0.717) is 23.6 Å². The molecule has 0 aliphatic carbocycles. The first-order valence-electron chi connectivity index (χ1n) is 6.04. The van der Waals surface area contributed by atoms with Crippen LogP contribution in [0.2, 0.25) is 5.02 Å². The lowest BCUT2D eigenvalue weighted by atomic mass is 10.1. The van der Waals surface area contributed by atoms with Gasteiger partial charge in [-0.15, -0.1) is 0 Å². The standard InChI is InChI=1S/C14H16ClNO3/c1-10(17)8-9-16-14(19)7-6-13(18)11-2-4-12(15)5-3-11/h2-5H,6-9H2,1H3,(H,16,19). The molecule has 0 aliphatic heterocycles. The molecule has 0 aliphatic rings. The molecule has 0 atom stereocenters. The van der Waals surface area contributed by atoms with Crippen LogP contribution in [0.3, 0.4) is 0 Å². The van der Waals surface area contributed by atoms with Gasteiger partial charge in [-0.1, -0.05) is 11.6 Å². The minimum Gasteiger partial charge on any atom is -0.356 e. The number of hydrogen-bond donors (Lipinski definition) is 1. The fourth-order valence-electron chi connectivity index (χ4n) is 1.47. The van der Waals surface area contributed by atoms with Gasteiger partial charge in [0.1, 0.15) is 5.78 Å². The highest BCUT2D eigenvalue weighted by Gasteiger charge is 2.09. The second kappa shape index (κ2) is 7.69. The van der Waals surface area contributed by atoms with Crippen molar-refractivity contribution in [3.05, 3.63) is 34.9 Å². The van der Waals surface area contributed by atoms with Crippen LogP contribution in [0, 0.1) is 0 Å². The summed E-state index contributed by atoms with van der Waals surface area (Å²) in [4.78, 5) is 33.9. The van der Waals surface area contributed by atoms with Gasteiger partial charge in [0.25, 0.3) is 0 Å². The largest absolute Gasteiger partial charge is 0.356 e. The Kier molecular flexibility index (Phi) is 6.22. The van der Waals surface area contributed by atoms with Crippen molar-refractivity contribution in [3.63, 3.8) is 0 Å². The molecule has 1 aromatic rings. The zero-order valence-corrected chi connectivity index (χ0v) is 11.5. The van der Waals surface area contributed by atoms with Crippen molar-refractivity contribution in [2.75, 3.05) is 6.54 Å². The fourth-order valence-corrected chi connectivity index (χ4v) is 1.60. The Labute approximate surface area is 117 Å². The topological polar surface area (TPSA) is 63.2 Å². The molecule has 102 valence electrons. The minimum atomic E-state index is -0.219. The van der Waals surface area contributed by atoms with Crippen molar-refractivity contribution in [2.24, 2.45) is 0 Å². The van der Waals surface area contributed by atoms with Crippen molar-refractivity contribution < 1.29 is 14.4 Å². The fraction of sp³-hybridized carbons (Fsp3) is 0.357. The molecule has 19 heavy (non-hydrogen) atoms. The Morgan fingerprint density at radius 3 is 2.26 bits per heavy atom. The summed E-state index contributed by atoms with van der Waals surface area (Å²) < 4.78 is 0. The Morgan fingerprint density at radius 2 is 1.68 bits per heavy atom. The second-order valence-corrected chi connectivity index (χ2v) is 4.67. The van der Waals surface area contributed by atoms with Gasteiger partial charge in [0.15, 0.2) is 5.78 Å². The smallest absolute Gasteiger partial charge is 0.220 e. The van der Waals surface area contributed by atoms with Gasteiger partial charge in [0.05, 0.1) is 0 Å². The number of carbonyl (C=O) groups is 3. The molecular weight excluding hydrogens is 266 g/mol. The van der Waals surface area contributed by atoms with Crippen LogP contribution in [0.1, 0.15) is 36.5 Å². The second-order valence-electron chi connectivity index (χ2n) is 4.23. The van der Waals surface area contributed by atoms with Gasteiger partial charge in [-0.3, -0.25) is 14.4 Å². The Balaban J connectivity index is 2.31. The quantitative estimate of drug-likeness (QED) is 0.781. The predicted molar refractivity (Wildman–Crippen MR) is 73.3 cm³/mol. The Morgan fingerprint density at radius 1 is 1.05 bits per heavy atom. The molecule has 5 heteroatoms. The molecule has 0 bridgehead atoms. The number of halogens is 1. The normalized spacial score (nSPS) is 10.0. The van der Waals surface area contributed by atoms with E-state index in [9.17, 15) is 14.4 Å². The molecule has 1 aromatic carbocycles. The first-order valence-corrected chi connectivity index (χ1v) is 6.41. The molecule has 4 nitrogen and oxygen atoms in total. The maximum atomic E-state index is 11.8. The average molecular weight is 282 g/mol. The number of amides is 1. The van der Waals surface area contributed by atoms with Crippen molar-refractivity contribution >= 4 is 29.1 Å². The molecule has 0 fully saturated rings. The molecule has 0 saturated carbocycles. The van der Waals surface area contributed by atoms with E-state index in [1.807, 2.05) is 0 Å². The molecule has 0 unspecified atom stereocenters. The summed E-state index contributed by atoms with van der Waals surface area (Å²) >= 11 is 5.72. The van der Waals surface area contributed by atoms with Gasteiger partial charge in [-0.2, -0.15) is 0 Å². The lowest BCUT2D eigenvalue weighted by Gasteiger charge is -2.04. The van der Waals surface area contributed by atoms with E-state index in [0.717, 1.165) is 0 Å². The lowest BCUT2D eigenvalue weighted by molar-refractivity contribution is -0.121. The number of hydrogen-bond acceptors (Lipinski definition) is 3. The molecular formula is C14H16ClNO3. The minimum absolute atomic E-state index is 0.0255. The van der Waals surface area contributed by atoms with Crippen LogP contribution < -0.4 is 5.32 Å². The maximum absolute atomic E-state index is 11.8. The highest BCUT2D eigenvalue weighted by Crippen LogP contribution is 2.11. The molecule has 0 spiro atoms. The van der Waals surface area contributed by atoms with Gasteiger partial charge in [-0.25, -0.2) is 0 Å². The highest BCUT2D eigenvalue weighted by atomic mass is 35.5. The number of carbonyl (C=O) groups excluding carboxylic acids is 3. The summed E-state index contributed by atoms with van der Waals surface area (Å²) in [6.07, 6.45) is 0.587. The summed E-state index contributed by atoms with van der Waals surface area (Å²) in [7, 11) is 0. The van der Waals surface area contributed by atoms with Crippen LogP contribution in [-0.4, -0.2) is 24.0 Å². The van der Waals surface area contributed by atoms with Gasteiger partial charge < -0.3 is 5.32 Å². The third-order valence-electron chi connectivity index (χ3n) is 2.54. The van der Waals surface area contributed by atoms with E-state index < -0.39 is 0 Å². The van der Waals surface area contributed by atoms with E-state index in [2.05, 4.69) is 5.32 Å². The van der Waals surface area contributed by atoms with Crippen LogP contribution in [-0.2, 0) is 9.59 Å². The van der Waals surface area contributed by atoms with Crippen LogP contribution >= 0.6 is 11.6 Å². The van der Waals surface area contributed by atoms with E-state index >= 15 is 0 Å². The first-order chi connectivity index (χ1) is 8.99. The number of nitrogens with one attached hydrogen (secondary N) is 1. The average Bonchev–Trinajstić information content (AvgIpc) is 2.36. The zero-order chi connectivity index (χ0) is 14.3. The number of rotatable bonds is 7. The van der Waals surface area contributed by atoms with E-state index in [1.165, 1.54) is 6.92 Å². The predicted octanol–water partition coefficient (Wildman–Crippen LogP) is 2.40. The lowest BCUT2D eigenvalue weighted by Crippen LogP contribution is -2.25.